The number of para-hydroxylation sites is 2. The first kappa shape index (κ1) is 20.3. The van der Waals surface area contributed by atoms with Crippen LogP contribution in [0.2, 0.25) is 0 Å². The molecule has 2 aromatic rings. The molecule has 0 radical (unpaired) electrons. The Labute approximate surface area is 177 Å². The Morgan fingerprint density at radius 1 is 1.03 bits per heavy atom. The number of rotatable bonds is 5. The quantitative estimate of drug-likeness (QED) is 0.828. The summed E-state index contributed by atoms with van der Waals surface area (Å²) in [5.41, 5.74) is 3.11. The van der Waals surface area contributed by atoms with Gasteiger partial charge in [0.2, 0.25) is 5.91 Å². The van der Waals surface area contributed by atoms with Crippen LogP contribution in [-0.4, -0.2) is 49.0 Å². The van der Waals surface area contributed by atoms with Crippen LogP contribution < -0.4 is 15.0 Å². The van der Waals surface area contributed by atoms with E-state index in [0.717, 1.165) is 42.7 Å². The lowest BCUT2D eigenvalue weighted by Crippen LogP contribution is -2.53. The van der Waals surface area contributed by atoms with E-state index in [2.05, 4.69) is 5.32 Å². The maximum atomic E-state index is 13.0. The molecule has 0 spiro atoms. The minimum absolute atomic E-state index is 0.0227. The van der Waals surface area contributed by atoms with Crippen LogP contribution in [0, 0.1) is 6.92 Å². The van der Waals surface area contributed by atoms with Gasteiger partial charge < -0.3 is 19.9 Å². The third-order valence-electron chi connectivity index (χ3n) is 5.88. The summed E-state index contributed by atoms with van der Waals surface area (Å²) in [6, 6.07) is 15.6. The zero-order chi connectivity index (χ0) is 20.9. The summed E-state index contributed by atoms with van der Waals surface area (Å²) < 4.78 is 6.04. The van der Waals surface area contributed by atoms with Crippen LogP contribution in [-0.2, 0) is 16.1 Å². The number of benzene rings is 2. The zero-order valence-corrected chi connectivity index (χ0v) is 17.5. The monoisotopic (exact) mass is 407 g/mol. The molecule has 4 rings (SSSR count). The van der Waals surface area contributed by atoms with Gasteiger partial charge in [0, 0.05) is 19.6 Å². The first-order valence-electron chi connectivity index (χ1n) is 10.7. The Bertz CT molecular complexity index is 908. The Kier molecular flexibility index (Phi) is 6.21. The molecule has 6 heteroatoms. The number of fused-ring (bicyclic) bond motifs is 1. The lowest BCUT2D eigenvalue weighted by molar-refractivity contribution is -0.139. The summed E-state index contributed by atoms with van der Waals surface area (Å²) in [6.45, 7) is 4.68. The van der Waals surface area contributed by atoms with Crippen LogP contribution in [0.5, 0.6) is 5.75 Å². The summed E-state index contributed by atoms with van der Waals surface area (Å²) in [4.78, 5) is 29.6. The summed E-state index contributed by atoms with van der Waals surface area (Å²) in [5, 5.41) is 3.01. The largest absolute Gasteiger partial charge is 0.477 e. The molecule has 2 aliphatic heterocycles. The molecule has 1 fully saturated rings. The van der Waals surface area contributed by atoms with Crippen molar-refractivity contribution in [3.63, 3.8) is 0 Å². The molecule has 0 saturated carbocycles. The van der Waals surface area contributed by atoms with E-state index in [9.17, 15) is 9.59 Å². The highest BCUT2D eigenvalue weighted by atomic mass is 16.5. The molecule has 1 saturated heterocycles. The molecule has 0 aromatic heterocycles. The highest BCUT2D eigenvalue weighted by Gasteiger charge is 2.34. The number of carbonyl (C=O) groups is 2. The van der Waals surface area contributed by atoms with Crippen LogP contribution in [0.4, 0.5) is 5.69 Å². The Balaban J connectivity index is 1.43. The maximum absolute atomic E-state index is 13.0. The van der Waals surface area contributed by atoms with E-state index >= 15 is 0 Å². The Morgan fingerprint density at radius 3 is 2.57 bits per heavy atom. The number of nitrogens with one attached hydrogen (secondary N) is 1. The van der Waals surface area contributed by atoms with Crippen molar-refractivity contribution in [2.75, 3.05) is 31.1 Å². The number of aryl methyl sites for hydroxylation is 1. The van der Waals surface area contributed by atoms with Crippen molar-refractivity contribution in [3.05, 3.63) is 59.7 Å². The van der Waals surface area contributed by atoms with Crippen molar-refractivity contribution in [1.82, 2.24) is 10.2 Å². The molecule has 0 bridgehead atoms. The first-order chi connectivity index (χ1) is 14.6. The summed E-state index contributed by atoms with van der Waals surface area (Å²) in [6.07, 6.45) is 2.67. The molecular formula is C24H29N3O3. The van der Waals surface area contributed by atoms with Crippen LogP contribution in [0.3, 0.4) is 0 Å². The fourth-order valence-electron chi connectivity index (χ4n) is 4.13. The fourth-order valence-corrected chi connectivity index (χ4v) is 4.13. The van der Waals surface area contributed by atoms with Gasteiger partial charge in [-0.3, -0.25) is 9.59 Å². The molecule has 0 unspecified atom stereocenters. The van der Waals surface area contributed by atoms with Gasteiger partial charge in [-0.2, -0.15) is 0 Å². The van der Waals surface area contributed by atoms with Crippen molar-refractivity contribution in [3.8, 4) is 5.75 Å². The van der Waals surface area contributed by atoms with E-state index in [1.54, 1.807) is 0 Å². The highest BCUT2D eigenvalue weighted by Crippen LogP contribution is 2.33. The second-order valence-electron chi connectivity index (χ2n) is 8.04. The number of hydrogen-bond acceptors (Lipinski definition) is 4. The fraction of sp³-hybridized carbons (Fsp3) is 0.417. The number of ether oxygens (including phenoxy) is 1. The van der Waals surface area contributed by atoms with Gasteiger partial charge in [0.05, 0.1) is 18.8 Å². The minimum atomic E-state index is -0.581. The molecule has 2 aliphatic rings. The van der Waals surface area contributed by atoms with Gasteiger partial charge in [-0.05, 0) is 49.4 Å². The lowest BCUT2D eigenvalue weighted by Gasteiger charge is -2.38. The number of likely N-dealkylation sites (tertiary alicyclic amines) is 1. The third-order valence-corrected chi connectivity index (χ3v) is 5.88. The average molecular weight is 408 g/mol. The van der Waals surface area contributed by atoms with Gasteiger partial charge in [-0.1, -0.05) is 36.4 Å². The summed E-state index contributed by atoms with van der Waals surface area (Å²) in [7, 11) is 0. The lowest BCUT2D eigenvalue weighted by atomic mass is 10.1. The predicted molar refractivity (Wildman–Crippen MR) is 117 cm³/mol. The van der Waals surface area contributed by atoms with E-state index in [-0.39, 0.29) is 18.4 Å². The molecule has 2 aromatic carbocycles. The third kappa shape index (κ3) is 4.58. The van der Waals surface area contributed by atoms with Gasteiger partial charge in [0.1, 0.15) is 5.75 Å². The van der Waals surface area contributed by atoms with E-state index in [4.69, 9.17) is 4.74 Å². The smallest absolute Gasteiger partial charge is 0.265 e. The topological polar surface area (TPSA) is 61.9 Å². The highest BCUT2D eigenvalue weighted by molar-refractivity contribution is 5.86. The van der Waals surface area contributed by atoms with Crippen molar-refractivity contribution < 1.29 is 14.3 Å². The van der Waals surface area contributed by atoms with Crippen LogP contribution in [0.1, 0.15) is 30.4 Å². The van der Waals surface area contributed by atoms with Gasteiger partial charge in [0.15, 0.2) is 6.10 Å². The molecule has 6 nitrogen and oxygen atoms in total. The average Bonchev–Trinajstić information content (AvgIpc) is 2.78. The van der Waals surface area contributed by atoms with E-state index in [0.29, 0.717) is 18.8 Å². The molecule has 1 N–H and O–H groups in total. The van der Waals surface area contributed by atoms with Gasteiger partial charge in [0.25, 0.3) is 5.91 Å². The molecule has 2 amide bonds. The number of amides is 2. The van der Waals surface area contributed by atoms with Crippen LogP contribution >= 0.6 is 0 Å². The van der Waals surface area contributed by atoms with Crippen molar-refractivity contribution in [2.45, 2.75) is 38.8 Å². The zero-order valence-electron chi connectivity index (χ0n) is 17.5. The summed E-state index contributed by atoms with van der Waals surface area (Å²) in [5.74, 6) is 0.611. The van der Waals surface area contributed by atoms with E-state index in [1.165, 1.54) is 6.42 Å². The number of anilines is 1. The second-order valence-corrected chi connectivity index (χ2v) is 8.04. The Morgan fingerprint density at radius 2 is 1.77 bits per heavy atom. The second kappa shape index (κ2) is 9.20. The molecule has 2 heterocycles. The standard InChI is InChI=1S/C24H29N3O3/c1-18-9-3-4-10-19(18)15-25-23(28)17-27-16-22(24(29)26-13-7-2-8-14-26)30-21-12-6-5-11-20(21)27/h3-6,9-12,22H,2,7-8,13-17H2,1H3,(H,25,28)/t22-/m1/s1. The van der Waals surface area contributed by atoms with Crippen LogP contribution in [0.15, 0.2) is 48.5 Å². The molecule has 0 aliphatic carbocycles. The molecule has 30 heavy (non-hydrogen) atoms. The van der Waals surface area contributed by atoms with E-state index < -0.39 is 6.10 Å². The SMILES string of the molecule is Cc1ccccc1CNC(=O)CN1C[C@H](C(=O)N2CCCCC2)Oc2ccccc21. The first-order valence-corrected chi connectivity index (χ1v) is 10.7. The predicted octanol–water partition coefficient (Wildman–Crippen LogP) is 2.89. The van der Waals surface area contributed by atoms with Gasteiger partial charge in [-0.15, -0.1) is 0 Å². The summed E-state index contributed by atoms with van der Waals surface area (Å²) >= 11 is 0. The van der Waals surface area contributed by atoms with E-state index in [1.807, 2.05) is 65.3 Å². The van der Waals surface area contributed by atoms with Crippen LogP contribution in [0.25, 0.3) is 0 Å². The molecule has 158 valence electrons. The van der Waals surface area contributed by atoms with Crippen molar-refractivity contribution >= 4 is 17.5 Å². The number of nitrogens with zero attached hydrogens (tertiary/aromatic N) is 2. The van der Waals surface area contributed by atoms with Crippen molar-refractivity contribution in [1.29, 1.82) is 0 Å². The molecular weight excluding hydrogens is 378 g/mol. The normalized spacial score (nSPS) is 18.4. The number of hydrogen-bond donors (Lipinski definition) is 1. The maximum Gasteiger partial charge on any atom is 0.265 e. The number of carbonyl (C=O) groups excluding carboxylic acids is 2. The Hall–Kier alpha value is -3.02. The molecule has 1 atom stereocenters. The number of piperidine rings is 1. The van der Waals surface area contributed by atoms with Crippen molar-refractivity contribution in [2.24, 2.45) is 0 Å². The van der Waals surface area contributed by atoms with Gasteiger partial charge in [-0.25, -0.2) is 0 Å². The minimum Gasteiger partial charge on any atom is -0.477 e. The van der Waals surface area contributed by atoms with Gasteiger partial charge >= 0.3 is 0 Å².